The van der Waals surface area contributed by atoms with Gasteiger partial charge in [0.1, 0.15) is 0 Å². The highest BCUT2D eigenvalue weighted by Gasteiger charge is 2.33. The van der Waals surface area contributed by atoms with E-state index in [1.165, 1.54) is 24.3 Å². The van der Waals surface area contributed by atoms with Crippen LogP contribution in [0.3, 0.4) is 0 Å². The number of halogens is 3. The molecule has 23 heavy (non-hydrogen) atoms. The van der Waals surface area contributed by atoms with Gasteiger partial charge < -0.3 is 4.98 Å². The molecule has 0 amide bonds. The van der Waals surface area contributed by atoms with Crippen LogP contribution in [-0.4, -0.2) is 9.55 Å². The van der Waals surface area contributed by atoms with Crippen LogP contribution in [0, 0.1) is 0 Å². The van der Waals surface area contributed by atoms with Crippen LogP contribution >= 0.6 is 0 Å². The van der Waals surface area contributed by atoms with Gasteiger partial charge in [0.2, 0.25) is 0 Å². The van der Waals surface area contributed by atoms with E-state index in [0.29, 0.717) is 5.52 Å². The summed E-state index contributed by atoms with van der Waals surface area (Å²) in [5, 5.41) is 0.247. The number of alkyl halides is 3. The molecular formula is C16H11F3N2O2. The van der Waals surface area contributed by atoms with E-state index in [-0.39, 0.29) is 10.9 Å². The van der Waals surface area contributed by atoms with Crippen molar-refractivity contribution in [1.29, 1.82) is 0 Å². The van der Waals surface area contributed by atoms with E-state index in [9.17, 15) is 22.8 Å². The zero-order chi connectivity index (χ0) is 16.6. The number of benzene rings is 2. The number of fused-ring (bicyclic) bond motifs is 1. The van der Waals surface area contributed by atoms with Crippen LogP contribution in [0.25, 0.3) is 10.9 Å². The van der Waals surface area contributed by atoms with Crippen LogP contribution < -0.4 is 11.2 Å². The van der Waals surface area contributed by atoms with Crippen LogP contribution in [0.5, 0.6) is 0 Å². The van der Waals surface area contributed by atoms with E-state index in [1.807, 2.05) is 0 Å². The Bertz CT molecular complexity index is 987. The van der Waals surface area contributed by atoms with E-state index in [2.05, 4.69) is 4.98 Å². The number of hydrogen-bond acceptors (Lipinski definition) is 2. The zero-order valence-electron chi connectivity index (χ0n) is 11.7. The van der Waals surface area contributed by atoms with Gasteiger partial charge >= 0.3 is 11.9 Å². The van der Waals surface area contributed by atoms with Gasteiger partial charge in [-0.1, -0.05) is 30.3 Å². The van der Waals surface area contributed by atoms with Gasteiger partial charge in [0, 0.05) is 0 Å². The second kappa shape index (κ2) is 5.42. The summed E-state index contributed by atoms with van der Waals surface area (Å²) in [6.45, 7) is -0.450. The summed E-state index contributed by atoms with van der Waals surface area (Å²) in [5.74, 6) is 0. The highest BCUT2D eigenvalue weighted by Crippen LogP contribution is 2.31. The fourth-order valence-corrected chi connectivity index (χ4v) is 2.45. The van der Waals surface area contributed by atoms with Crippen molar-refractivity contribution >= 4 is 10.9 Å². The summed E-state index contributed by atoms with van der Waals surface area (Å²) in [7, 11) is 0. The minimum atomic E-state index is -4.55. The molecule has 4 nitrogen and oxygen atoms in total. The molecule has 0 saturated carbocycles. The molecule has 0 radical (unpaired) electrons. The largest absolute Gasteiger partial charge is 0.416 e. The van der Waals surface area contributed by atoms with Crippen molar-refractivity contribution in [2.75, 3.05) is 0 Å². The Balaban J connectivity index is 2.18. The van der Waals surface area contributed by atoms with Gasteiger partial charge in [-0.2, -0.15) is 13.2 Å². The lowest BCUT2D eigenvalue weighted by atomic mass is 10.1. The molecule has 1 heterocycles. The van der Waals surface area contributed by atoms with Crippen molar-refractivity contribution in [2.24, 2.45) is 0 Å². The molecule has 118 valence electrons. The smallest absolute Gasteiger partial charge is 0.307 e. The summed E-state index contributed by atoms with van der Waals surface area (Å²) in [6, 6.07) is 11.2. The summed E-state index contributed by atoms with van der Waals surface area (Å²) in [4.78, 5) is 26.9. The van der Waals surface area contributed by atoms with Crippen molar-refractivity contribution < 1.29 is 13.2 Å². The summed E-state index contributed by atoms with van der Waals surface area (Å²) in [6.07, 6.45) is -4.55. The van der Waals surface area contributed by atoms with E-state index < -0.39 is 29.5 Å². The molecule has 1 N–H and O–H groups in total. The third kappa shape index (κ3) is 2.77. The lowest BCUT2D eigenvalue weighted by molar-refractivity contribution is -0.138. The molecule has 0 aliphatic heterocycles. The van der Waals surface area contributed by atoms with E-state index >= 15 is 0 Å². The number of aromatic nitrogens is 2. The molecular weight excluding hydrogens is 309 g/mol. The Morgan fingerprint density at radius 1 is 0.957 bits per heavy atom. The van der Waals surface area contributed by atoms with Crippen molar-refractivity contribution in [2.45, 2.75) is 12.7 Å². The highest BCUT2D eigenvalue weighted by atomic mass is 19.4. The molecule has 0 saturated heterocycles. The van der Waals surface area contributed by atoms with E-state index in [1.54, 1.807) is 18.2 Å². The normalized spacial score (nSPS) is 11.8. The van der Waals surface area contributed by atoms with Crippen LogP contribution in [-0.2, 0) is 12.7 Å². The average molecular weight is 320 g/mol. The van der Waals surface area contributed by atoms with Crippen molar-refractivity contribution in [3.05, 3.63) is 80.5 Å². The number of para-hydroxylation sites is 1. The number of nitrogens with one attached hydrogen (secondary N) is 1. The standard InChI is InChI=1S/C16H11F3N2O2/c17-16(18,19)12-7-3-1-5-10(12)9-21-14(22)11-6-2-4-8-13(11)20-15(21)23/h1-8H,9H2,(H,20,23). The molecule has 0 fully saturated rings. The quantitative estimate of drug-likeness (QED) is 0.789. The fourth-order valence-electron chi connectivity index (χ4n) is 2.45. The van der Waals surface area contributed by atoms with E-state index in [4.69, 9.17) is 0 Å². The van der Waals surface area contributed by atoms with Gasteiger partial charge in [-0.25, -0.2) is 4.79 Å². The SMILES string of the molecule is O=c1[nH]c2ccccc2c(=O)n1Cc1ccccc1C(F)(F)F. The van der Waals surface area contributed by atoms with Crippen LogP contribution in [0.4, 0.5) is 13.2 Å². The van der Waals surface area contributed by atoms with Crippen LogP contribution in [0.15, 0.2) is 58.1 Å². The van der Waals surface area contributed by atoms with Gasteiger partial charge in [-0.3, -0.25) is 9.36 Å². The molecule has 0 unspecified atom stereocenters. The molecule has 3 rings (SSSR count). The molecule has 0 spiro atoms. The van der Waals surface area contributed by atoms with Gasteiger partial charge in [0.25, 0.3) is 5.56 Å². The second-order valence-corrected chi connectivity index (χ2v) is 5.02. The first-order chi connectivity index (χ1) is 10.9. The molecule has 0 aliphatic rings. The maximum absolute atomic E-state index is 13.0. The predicted octanol–water partition coefficient (Wildman–Crippen LogP) is 2.76. The Kier molecular flexibility index (Phi) is 3.55. The minimum Gasteiger partial charge on any atom is -0.307 e. The van der Waals surface area contributed by atoms with Gasteiger partial charge in [-0.05, 0) is 23.8 Å². The third-order valence-corrected chi connectivity index (χ3v) is 3.54. The third-order valence-electron chi connectivity index (χ3n) is 3.54. The number of nitrogens with zero attached hydrogens (tertiary/aromatic N) is 1. The lowest BCUT2D eigenvalue weighted by Crippen LogP contribution is -2.35. The highest BCUT2D eigenvalue weighted by molar-refractivity contribution is 5.76. The first-order valence-corrected chi connectivity index (χ1v) is 6.75. The average Bonchev–Trinajstić information content (AvgIpc) is 2.51. The Morgan fingerprint density at radius 3 is 2.35 bits per heavy atom. The summed E-state index contributed by atoms with van der Waals surface area (Å²) in [5.41, 5.74) is -2.02. The Labute approximate surface area is 127 Å². The summed E-state index contributed by atoms with van der Waals surface area (Å²) < 4.78 is 39.9. The van der Waals surface area contributed by atoms with Gasteiger partial charge in [0.05, 0.1) is 23.0 Å². The van der Waals surface area contributed by atoms with E-state index in [0.717, 1.165) is 10.6 Å². The fraction of sp³-hybridized carbons (Fsp3) is 0.125. The van der Waals surface area contributed by atoms with Gasteiger partial charge in [0.15, 0.2) is 0 Å². The lowest BCUT2D eigenvalue weighted by Gasteiger charge is -2.13. The molecule has 1 aromatic heterocycles. The number of aromatic amines is 1. The number of hydrogen-bond donors (Lipinski definition) is 1. The maximum atomic E-state index is 13.0. The Hall–Kier alpha value is -2.83. The molecule has 0 atom stereocenters. The monoisotopic (exact) mass is 320 g/mol. The molecule has 3 aromatic rings. The predicted molar refractivity (Wildman–Crippen MR) is 79.4 cm³/mol. The topological polar surface area (TPSA) is 54.9 Å². The molecule has 0 bridgehead atoms. The zero-order valence-corrected chi connectivity index (χ0v) is 11.7. The second-order valence-electron chi connectivity index (χ2n) is 5.02. The van der Waals surface area contributed by atoms with Gasteiger partial charge in [-0.15, -0.1) is 0 Å². The van der Waals surface area contributed by atoms with Crippen LogP contribution in [0.2, 0.25) is 0 Å². The van der Waals surface area contributed by atoms with Crippen molar-refractivity contribution in [1.82, 2.24) is 9.55 Å². The molecule has 2 aromatic carbocycles. The molecule has 0 aliphatic carbocycles. The van der Waals surface area contributed by atoms with Crippen molar-refractivity contribution in [3.63, 3.8) is 0 Å². The molecule has 7 heteroatoms. The maximum Gasteiger partial charge on any atom is 0.416 e. The number of rotatable bonds is 2. The first kappa shape index (κ1) is 15.1. The number of H-pyrrole nitrogens is 1. The summed E-state index contributed by atoms with van der Waals surface area (Å²) >= 11 is 0. The Morgan fingerprint density at radius 2 is 1.61 bits per heavy atom. The minimum absolute atomic E-state index is 0.136. The first-order valence-electron chi connectivity index (χ1n) is 6.75. The van der Waals surface area contributed by atoms with Crippen LogP contribution in [0.1, 0.15) is 11.1 Å². The van der Waals surface area contributed by atoms with Crippen molar-refractivity contribution in [3.8, 4) is 0 Å².